The molecule has 1 unspecified atom stereocenters. The van der Waals surface area contributed by atoms with Gasteiger partial charge in [0.25, 0.3) is 0 Å². The normalized spacial score (nSPS) is 17.3. The number of hydrogen-bond acceptors (Lipinski definition) is 3. The number of methoxy groups -OCH3 is 1. The van der Waals surface area contributed by atoms with E-state index in [-0.39, 0.29) is 0 Å². The first-order valence-electron chi connectivity index (χ1n) is 7.38. The van der Waals surface area contributed by atoms with Crippen molar-refractivity contribution < 1.29 is 9.47 Å². The average molecular weight is 283 g/mol. The van der Waals surface area contributed by atoms with Crippen molar-refractivity contribution in [1.82, 2.24) is 5.32 Å². The Morgan fingerprint density at radius 2 is 2.10 bits per heavy atom. The molecule has 0 saturated heterocycles. The van der Waals surface area contributed by atoms with Crippen molar-refractivity contribution in [3.63, 3.8) is 0 Å². The van der Waals surface area contributed by atoms with Crippen LogP contribution in [0, 0.1) is 0 Å². The Kier molecular flexibility index (Phi) is 4.53. The quantitative estimate of drug-likeness (QED) is 0.914. The fourth-order valence-electron chi connectivity index (χ4n) is 2.77. The van der Waals surface area contributed by atoms with Crippen LogP contribution < -0.4 is 10.1 Å². The van der Waals surface area contributed by atoms with E-state index in [1.54, 1.807) is 7.11 Å². The third-order valence-electron chi connectivity index (χ3n) is 3.91. The molecule has 3 rings (SSSR count). The lowest BCUT2D eigenvalue weighted by Gasteiger charge is -2.26. The summed E-state index contributed by atoms with van der Waals surface area (Å²) in [5, 5.41) is 3.60. The van der Waals surface area contributed by atoms with Gasteiger partial charge in [0.2, 0.25) is 0 Å². The molecule has 110 valence electrons. The van der Waals surface area contributed by atoms with Gasteiger partial charge in [0, 0.05) is 0 Å². The number of fused-ring (bicyclic) bond motifs is 1. The molecule has 0 amide bonds. The zero-order valence-corrected chi connectivity index (χ0v) is 12.3. The molecule has 0 bridgehead atoms. The summed E-state index contributed by atoms with van der Waals surface area (Å²) in [6.45, 7) is 2.40. The Labute approximate surface area is 125 Å². The molecule has 2 aromatic carbocycles. The van der Waals surface area contributed by atoms with Crippen LogP contribution in [0.25, 0.3) is 0 Å². The SMILES string of the molecule is COc1cccc(CCNC2COCc3ccccc32)c1. The van der Waals surface area contributed by atoms with Crippen molar-refractivity contribution in [3.05, 3.63) is 65.2 Å². The second-order valence-electron chi connectivity index (χ2n) is 5.32. The Bertz CT molecular complexity index is 597. The molecule has 0 fully saturated rings. The lowest BCUT2D eigenvalue weighted by Crippen LogP contribution is -2.31. The first kappa shape index (κ1) is 14.1. The van der Waals surface area contributed by atoms with Crippen molar-refractivity contribution in [1.29, 1.82) is 0 Å². The van der Waals surface area contributed by atoms with Gasteiger partial charge in [0.15, 0.2) is 0 Å². The van der Waals surface area contributed by atoms with Gasteiger partial charge in [-0.05, 0) is 41.8 Å². The Morgan fingerprint density at radius 3 is 3.00 bits per heavy atom. The van der Waals surface area contributed by atoms with Gasteiger partial charge in [-0.15, -0.1) is 0 Å². The predicted octanol–water partition coefficient (Wildman–Crippen LogP) is 3.10. The van der Waals surface area contributed by atoms with E-state index in [4.69, 9.17) is 9.47 Å². The van der Waals surface area contributed by atoms with Crippen LogP contribution >= 0.6 is 0 Å². The molecule has 0 aliphatic carbocycles. The van der Waals surface area contributed by atoms with E-state index in [0.717, 1.165) is 31.9 Å². The van der Waals surface area contributed by atoms with Gasteiger partial charge in [0.05, 0.1) is 26.4 Å². The molecule has 0 saturated carbocycles. The first-order chi connectivity index (χ1) is 10.4. The maximum atomic E-state index is 5.67. The molecule has 1 heterocycles. The van der Waals surface area contributed by atoms with Gasteiger partial charge in [-0.3, -0.25) is 0 Å². The molecule has 0 aromatic heterocycles. The standard InChI is InChI=1S/C18H21NO2/c1-20-16-7-4-5-14(11-16)9-10-19-18-13-21-12-15-6-2-3-8-17(15)18/h2-8,11,18-19H,9-10,12-13H2,1H3. The zero-order valence-electron chi connectivity index (χ0n) is 12.3. The second kappa shape index (κ2) is 6.74. The van der Waals surface area contributed by atoms with Crippen LogP contribution in [0.3, 0.4) is 0 Å². The van der Waals surface area contributed by atoms with Crippen molar-refractivity contribution in [2.45, 2.75) is 19.1 Å². The van der Waals surface area contributed by atoms with E-state index < -0.39 is 0 Å². The van der Waals surface area contributed by atoms with E-state index in [0.29, 0.717) is 6.04 Å². The van der Waals surface area contributed by atoms with Gasteiger partial charge in [-0.1, -0.05) is 36.4 Å². The second-order valence-corrected chi connectivity index (χ2v) is 5.32. The van der Waals surface area contributed by atoms with Crippen molar-refractivity contribution in [2.75, 3.05) is 20.3 Å². The van der Waals surface area contributed by atoms with Crippen LogP contribution in [0.5, 0.6) is 5.75 Å². The number of rotatable bonds is 5. The molecular formula is C18H21NO2. The van der Waals surface area contributed by atoms with Gasteiger partial charge >= 0.3 is 0 Å². The minimum Gasteiger partial charge on any atom is -0.497 e. The van der Waals surface area contributed by atoms with Crippen molar-refractivity contribution >= 4 is 0 Å². The van der Waals surface area contributed by atoms with Gasteiger partial charge < -0.3 is 14.8 Å². The minimum atomic E-state index is 0.292. The number of hydrogen-bond donors (Lipinski definition) is 1. The highest BCUT2D eigenvalue weighted by Crippen LogP contribution is 2.24. The fraction of sp³-hybridized carbons (Fsp3) is 0.333. The smallest absolute Gasteiger partial charge is 0.119 e. The van der Waals surface area contributed by atoms with E-state index >= 15 is 0 Å². The molecule has 1 aliphatic rings. The summed E-state index contributed by atoms with van der Waals surface area (Å²) in [7, 11) is 1.70. The molecule has 3 heteroatoms. The summed E-state index contributed by atoms with van der Waals surface area (Å²) in [5.41, 5.74) is 3.95. The van der Waals surface area contributed by atoms with Crippen LogP contribution in [0.1, 0.15) is 22.7 Å². The van der Waals surface area contributed by atoms with Crippen molar-refractivity contribution in [3.8, 4) is 5.75 Å². The molecule has 1 aliphatic heterocycles. The van der Waals surface area contributed by atoms with E-state index in [2.05, 4.69) is 41.7 Å². The monoisotopic (exact) mass is 283 g/mol. The van der Waals surface area contributed by atoms with Crippen LogP contribution in [0.2, 0.25) is 0 Å². The van der Waals surface area contributed by atoms with Crippen molar-refractivity contribution in [2.24, 2.45) is 0 Å². The van der Waals surface area contributed by atoms with E-state index in [1.165, 1.54) is 16.7 Å². The average Bonchev–Trinajstić information content (AvgIpc) is 2.55. The highest BCUT2D eigenvalue weighted by molar-refractivity contribution is 5.31. The molecule has 2 aromatic rings. The molecule has 0 radical (unpaired) electrons. The van der Waals surface area contributed by atoms with Crippen LogP contribution in [0.4, 0.5) is 0 Å². The van der Waals surface area contributed by atoms with Crippen LogP contribution in [-0.4, -0.2) is 20.3 Å². The van der Waals surface area contributed by atoms with E-state index in [9.17, 15) is 0 Å². The number of benzene rings is 2. The first-order valence-corrected chi connectivity index (χ1v) is 7.38. The molecule has 3 nitrogen and oxygen atoms in total. The summed E-state index contributed by atoms with van der Waals surface area (Å²) in [4.78, 5) is 0. The fourth-order valence-corrected chi connectivity index (χ4v) is 2.77. The van der Waals surface area contributed by atoms with Gasteiger partial charge in [-0.2, -0.15) is 0 Å². The third kappa shape index (κ3) is 3.43. The predicted molar refractivity (Wildman–Crippen MR) is 83.5 cm³/mol. The molecule has 1 atom stereocenters. The number of nitrogens with one attached hydrogen (secondary N) is 1. The van der Waals surface area contributed by atoms with Gasteiger partial charge in [-0.25, -0.2) is 0 Å². The van der Waals surface area contributed by atoms with Gasteiger partial charge in [0.1, 0.15) is 5.75 Å². The third-order valence-corrected chi connectivity index (χ3v) is 3.91. The summed E-state index contributed by atoms with van der Waals surface area (Å²) < 4.78 is 10.9. The van der Waals surface area contributed by atoms with E-state index in [1.807, 2.05) is 12.1 Å². The molecule has 1 N–H and O–H groups in total. The summed E-state index contributed by atoms with van der Waals surface area (Å²) in [6.07, 6.45) is 0.982. The maximum absolute atomic E-state index is 5.67. The topological polar surface area (TPSA) is 30.5 Å². The lowest BCUT2D eigenvalue weighted by atomic mass is 9.99. The summed E-state index contributed by atoms with van der Waals surface area (Å²) in [6, 6.07) is 17.0. The van der Waals surface area contributed by atoms with Crippen LogP contribution in [-0.2, 0) is 17.8 Å². The molecular weight excluding hydrogens is 262 g/mol. The Morgan fingerprint density at radius 1 is 1.19 bits per heavy atom. The Hall–Kier alpha value is -1.84. The maximum Gasteiger partial charge on any atom is 0.119 e. The lowest BCUT2D eigenvalue weighted by molar-refractivity contribution is 0.0824. The Balaban J connectivity index is 1.59. The highest BCUT2D eigenvalue weighted by Gasteiger charge is 2.19. The largest absolute Gasteiger partial charge is 0.497 e. The summed E-state index contributed by atoms with van der Waals surface area (Å²) in [5.74, 6) is 0.916. The molecule has 0 spiro atoms. The van der Waals surface area contributed by atoms with Crippen LogP contribution in [0.15, 0.2) is 48.5 Å². The summed E-state index contributed by atoms with van der Waals surface area (Å²) >= 11 is 0. The zero-order chi connectivity index (χ0) is 14.5. The highest BCUT2D eigenvalue weighted by atomic mass is 16.5. The molecule has 21 heavy (non-hydrogen) atoms. The number of ether oxygens (including phenoxy) is 2. The minimum absolute atomic E-state index is 0.292.